The quantitative estimate of drug-likeness (QED) is 0.637. The van der Waals surface area contributed by atoms with E-state index in [2.05, 4.69) is 9.98 Å². The summed E-state index contributed by atoms with van der Waals surface area (Å²) in [5.41, 5.74) is 0. The summed E-state index contributed by atoms with van der Waals surface area (Å²) in [6.07, 6.45) is 0. The van der Waals surface area contributed by atoms with Crippen LogP contribution in [0.2, 0.25) is 0 Å². The van der Waals surface area contributed by atoms with Crippen LogP contribution < -0.4 is 10.7 Å². The Kier molecular flexibility index (Phi) is 1.90. The lowest BCUT2D eigenvalue weighted by Crippen LogP contribution is -2.21. The van der Waals surface area contributed by atoms with E-state index in [-0.39, 0.29) is 10.3 Å². The van der Waals surface area contributed by atoms with E-state index < -0.39 is 15.1 Å². The van der Waals surface area contributed by atoms with E-state index in [1.54, 1.807) is 0 Å². The van der Waals surface area contributed by atoms with E-state index >= 15 is 0 Å². The van der Waals surface area contributed by atoms with Gasteiger partial charge in [0.25, 0.3) is 9.05 Å². The van der Waals surface area contributed by atoms with Crippen LogP contribution in [0.15, 0.2) is 33.1 Å². The maximum Gasteiger partial charge on any atom is 0.368 e. The number of hydrogen-bond donors (Lipinski definition) is 0. The minimum Gasteiger partial charge on any atom is -0.244 e. The number of nitrogens with zero attached hydrogens (tertiary/aromatic N) is 2. The van der Waals surface area contributed by atoms with Crippen molar-refractivity contribution in [3.8, 4) is 0 Å². The molecule has 0 aromatic heterocycles. The second kappa shape index (κ2) is 2.86. The molecule has 2 amide bonds. The van der Waals surface area contributed by atoms with Gasteiger partial charge in [0.2, 0.25) is 0 Å². The maximum absolute atomic E-state index is 10.9. The van der Waals surface area contributed by atoms with Gasteiger partial charge in [0.1, 0.15) is 0 Å². The maximum atomic E-state index is 10.9. The molecule has 1 heterocycles. The third-order valence-corrected chi connectivity index (χ3v) is 3.01. The number of urea groups is 1. The Morgan fingerprint density at radius 1 is 1.14 bits per heavy atom. The first-order valence-corrected chi connectivity index (χ1v) is 5.84. The number of amides is 2. The molecule has 1 aromatic carbocycles. The van der Waals surface area contributed by atoms with Crippen molar-refractivity contribution in [1.29, 1.82) is 0 Å². The minimum atomic E-state index is -3.78. The zero-order valence-electron chi connectivity index (χ0n) is 6.64. The fourth-order valence-electron chi connectivity index (χ4n) is 1.07. The number of rotatable bonds is 1. The van der Waals surface area contributed by atoms with E-state index in [4.69, 9.17) is 10.7 Å². The largest absolute Gasteiger partial charge is 0.368 e. The molecule has 2 rings (SSSR count). The molecule has 0 fully saturated rings. The van der Waals surface area contributed by atoms with Crippen molar-refractivity contribution in [2.24, 2.45) is 9.98 Å². The molecule has 0 saturated carbocycles. The molecule has 0 aliphatic carbocycles. The van der Waals surface area contributed by atoms with Crippen molar-refractivity contribution in [3.05, 3.63) is 28.9 Å². The molecule has 1 aromatic rings. The van der Waals surface area contributed by atoms with Gasteiger partial charge in [-0.3, -0.25) is 0 Å². The van der Waals surface area contributed by atoms with Crippen molar-refractivity contribution >= 4 is 25.8 Å². The van der Waals surface area contributed by atoms with Crippen LogP contribution in [0.25, 0.3) is 0 Å². The molecule has 1 aliphatic rings. The number of fused-ring (bicyclic) bond motifs is 1. The molecule has 7 heteroatoms. The normalized spacial score (nSPS) is 14.5. The van der Waals surface area contributed by atoms with Crippen LogP contribution in [0.4, 0.5) is 4.79 Å². The molecular weight excluding hydrogens is 228 g/mol. The van der Waals surface area contributed by atoms with Gasteiger partial charge in [-0.1, -0.05) is 0 Å². The van der Waals surface area contributed by atoms with E-state index in [0.717, 1.165) is 0 Å². The molecule has 0 radical (unpaired) electrons. The van der Waals surface area contributed by atoms with Crippen molar-refractivity contribution in [2.75, 3.05) is 0 Å². The predicted molar refractivity (Wildman–Crippen MR) is 47.2 cm³/mol. The second-order valence-electron chi connectivity index (χ2n) is 2.59. The highest BCUT2D eigenvalue weighted by Gasteiger charge is 2.12. The summed E-state index contributed by atoms with van der Waals surface area (Å²) < 4.78 is 21.8. The zero-order chi connectivity index (χ0) is 10.3. The Morgan fingerprint density at radius 2 is 1.79 bits per heavy atom. The predicted octanol–water partition coefficient (Wildman–Crippen LogP) is -0.0131. The SMILES string of the molecule is O=C1N=c2ccc(S(=O)(=O)Cl)cc2=N1. The average Bonchev–Trinajstić information content (AvgIpc) is 2.41. The lowest BCUT2D eigenvalue weighted by Gasteiger charge is -1.92. The van der Waals surface area contributed by atoms with Crippen LogP contribution in [0, 0.1) is 0 Å². The summed E-state index contributed by atoms with van der Waals surface area (Å²) in [7, 11) is 1.33. The molecule has 0 bridgehead atoms. The summed E-state index contributed by atoms with van der Waals surface area (Å²) in [6.45, 7) is 0. The minimum absolute atomic E-state index is 0.0911. The summed E-state index contributed by atoms with van der Waals surface area (Å²) in [5.74, 6) is 0. The molecule has 0 spiro atoms. The van der Waals surface area contributed by atoms with Gasteiger partial charge in [-0.15, -0.1) is 0 Å². The number of halogens is 1. The number of hydrogen-bond acceptors (Lipinski definition) is 3. The van der Waals surface area contributed by atoms with E-state index in [9.17, 15) is 13.2 Å². The first-order valence-electron chi connectivity index (χ1n) is 3.53. The Morgan fingerprint density at radius 3 is 2.43 bits per heavy atom. The topological polar surface area (TPSA) is 75.9 Å². The average molecular weight is 231 g/mol. The zero-order valence-corrected chi connectivity index (χ0v) is 8.21. The van der Waals surface area contributed by atoms with Gasteiger partial charge in [0.15, 0.2) is 0 Å². The Hall–Kier alpha value is -1.27. The third-order valence-electron chi connectivity index (χ3n) is 1.66. The molecule has 0 atom stereocenters. The summed E-state index contributed by atoms with van der Waals surface area (Å²) in [4.78, 5) is 17.7. The van der Waals surface area contributed by atoms with Crippen molar-refractivity contribution in [3.63, 3.8) is 0 Å². The lowest BCUT2D eigenvalue weighted by molar-refractivity contribution is 0.256. The van der Waals surface area contributed by atoms with Gasteiger partial charge in [0, 0.05) is 10.7 Å². The van der Waals surface area contributed by atoms with Crippen molar-refractivity contribution in [2.45, 2.75) is 4.90 Å². The monoisotopic (exact) mass is 230 g/mol. The van der Waals surface area contributed by atoms with Crippen molar-refractivity contribution < 1.29 is 13.2 Å². The van der Waals surface area contributed by atoms with Gasteiger partial charge in [-0.2, -0.15) is 9.98 Å². The Balaban J connectivity index is 2.79. The summed E-state index contributed by atoms with van der Waals surface area (Å²) >= 11 is 0. The number of carbonyl (C=O) groups is 1. The first-order chi connectivity index (χ1) is 6.47. The highest BCUT2D eigenvalue weighted by Crippen LogP contribution is 2.10. The molecule has 14 heavy (non-hydrogen) atoms. The van der Waals surface area contributed by atoms with Crippen LogP contribution in [-0.4, -0.2) is 14.4 Å². The third kappa shape index (κ3) is 1.53. The van der Waals surface area contributed by atoms with Gasteiger partial charge in [-0.05, 0) is 18.2 Å². The molecule has 72 valence electrons. The fraction of sp³-hybridized carbons (Fsp3) is 0. The van der Waals surface area contributed by atoms with Crippen molar-refractivity contribution in [1.82, 2.24) is 0 Å². The lowest BCUT2D eigenvalue weighted by atomic mass is 10.3. The molecule has 0 N–H and O–H groups in total. The van der Waals surface area contributed by atoms with E-state index in [0.29, 0.717) is 5.36 Å². The van der Waals surface area contributed by atoms with Gasteiger partial charge >= 0.3 is 6.03 Å². The Labute approximate surface area is 83.2 Å². The summed E-state index contributed by atoms with van der Waals surface area (Å²) in [5, 5.41) is 0.593. The highest BCUT2D eigenvalue weighted by atomic mass is 35.7. The van der Waals surface area contributed by atoms with E-state index in [1.807, 2.05) is 0 Å². The molecule has 5 nitrogen and oxygen atoms in total. The van der Waals surface area contributed by atoms with Gasteiger partial charge < -0.3 is 0 Å². The van der Waals surface area contributed by atoms with Crippen LogP contribution in [-0.2, 0) is 9.05 Å². The van der Waals surface area contributed by atoms with Gasteiger partial charge in [0.05, 0.1) is 15.6 Å². The van der Waals surface area contributed by atoms with E-state index in [1.165, 1.54) is 18.2 Å². The van der Waals surface area contributed by atoms with Crippen LogP contribution >= 0.6 is 10.7 Å². The molecular formula is C7H3ClN2O3S. The Bertz CT molecular complexity index is 635. The standard InChI is InChI=1S/C7H3ClN2O3S/c8-14(12,13)4-1-2-5-6(3-4)10-7(11)9-5/h1-3H. The van der Waals surface area contributed by atoms with Crippen LogP contribution in [0.5, 0.6) is 0 Å². The molecule has 1 aliphatic heterocycles. The van der Waals surface area contributed by atoms with Crippen LogP contribution in [0.1, 0.15) is 0 Å². The van der Waals surface area contributed by atoms with Gasteiger partial charge in [-0.25, -0.2) is 13.2 Å². The molecule has 0 unspecified atom stereocenters. The fourth-order valence-corrected chi connectivity index (χ4v) is 1.84. The highest BCUT2D eigenvalue weighted by molar-refractivity contribution is 8.13. The first kappa shape index (κ1) is 9.29. The van der Waals surface area contributed by atoms with Crippen LogP contribution in [0.3, 0.4) is 0 Å². The number of carbonyl (C=O) groups excluding carboxylic acids is 1. The smallest absolute Gasteiger partial charge is 0.244 e. The number of benzene rings is 1. The second-order valence-corrected chi connectivity index (χ2v) is 5.16. The summed E-state index contributed by atoms with van der Waals surface area (Å²) in [6, 6.07) is 3.24. The molecule has 0 saturated heterocycles.